The predicted molar refractivity (Wildman–Crippen MR) is 86.7 cm³/mol. The summed E-state index contributed by atoms with van der Waals surface area (Å²) in [4.78, 5) is 0. The van der Waals surface area contributed by atoms with Crippen molar-refractivity contribution in [3.63, 3.8) is 0 Å². The number of ether oxygens (including phenoxy) is 2. The first-order valence-corrected chi connectivity index (χ1v) is 6.85. The van der Waals surface area contributed by atoms with E-state index in [0.717, 1.165) is 22.4 Å². The highest BCUT2D eigenvalue weighted by Crippen LogP contribution is 2.29. The summed E-state index contributed by atoms with van der Waals surface area (Å²) in [5.41, 5.74) is 2.31. The molecule has 2 aromatic carbocycles. The van der Waals surface area contributed by atoms with Crippen molar-refractivity contribution in [2.24, 2.45) is 0 Å². The molecular weight excluding hydrogens is 372 g/mol. The van der Waals surface area contributed by atoms with Crippen molar-refractivity contribution in [2.75, 3.05) is 7.11 Å². The lowest BCUT2D eigenvalue weighted by Gasteiger charge is -2.11. The molecule has 0 heterocycles. The summed E-state index contributed by atoms with van der Waals surface area (Å²) < 4.78 is 11.1. The lowest BCUT2D eigenvalue weighted by atomic mass is 10.2. The summed E-state index contributed by atoms with van der Waals surface area (Å²) in [5.74, 6) is 1.54. The van der Waals surface area contributed by atoms with E-state index in [2.05, 4.69) is 15.9 Å². The molecule has 0 bridgehead atoms. The van der Waals surface area contributed by atoms with Crippen LogP contribution in [0, 0.1) is 0 Å². The molecule has 0 aliphatic carbocycles. The molecule has 19 heavy (non-hydrogen) atoms. The Bertz CT molecular complexity index is 501. The molecule has 0 N–H and O–H groups in total. The average molecular weight is 388 g/mol. The van der Waals surface area contributed by atoms with Crippen LogP contribution in [0.2, 0.25) is 0 Å². The highest BCUT2D eigenvalue weighted by molar-refractivity contribution is 9.08. The summed E-state index contributed by atoms with van der Waals surface area (Å²) in [6.45, 7) is 0.545. The van der Waals surface area contributed by atoms with Gasteiger partial charge in [-0.1, -0.05) is 52.3 Å². The van der Waals surface area contributed by atoms with Crippen LogP contribution in [0.4, 0.5) is 0 Å². The molecular formula is C15H16Br2O2. The van der Waals surface area contributed by atoms with Crippen molar-refractivity contribution in [3.05, 3.63) is 59.7 Å². The van der Waals surface area contributed by atoms with Gasteiger partial charge in [0.05, 0.1) is 7.11 Å². The third kappa shape index (κ3) is 4.55. The maximum Gasteiger partial charge on any atom is 0.161 e. The first-order valence-electron chi connectivity index (χ1n) is 5.73. The molecule has 2 nitrogen and oxygen atoms in total. The maximum absolute atomic E-state index is 5.81. The standard InChI is InChI=1S/C15H15BrO2.BrH/c1-17-14-8-7-13(10-16)9-15(14)18-11-12-5-3-2-4-6-12;/h2-9H,10-11H2,1H3;1H. The Balaban J connectivity index is 0.00000180. The summed E-state index contributed by atoms with van der Waals surface area (Å²) in [6.07, 6.45) is 0. The van der Waals surface area contributed by atoms with E-state index >= 15 is 0 Å². The number of alkyl halides is 1. The van der Waals surface area contributed by atoms with Crippen molar-refractivity contribution < 1.29 is 9.47 Å². The topological polar surface area (TPSA) is 18.5 Å². The fourth-order valence-corrected chi connectivity index (χ4v) is 2.00. The Labute approximate surface area is 132 Å². The molecule has 0 radical (unpaired) electrons. The zero-order chi connectivity index (χ0) is 12.8. The first kappa shape index (κ1) is 16.1. The second-order valence-corrected chi connectivity index (χ2v) is 4.45. The zero-order valence-electron chi connectivity index (χ0n) is 10.6. The normalized spacial score (nSPS) is 9.58. The van der Waals surface area contributed by atoms with Gasteiger partial charge in [-0.3, -0.25) is 0 Å². The Morgan fingerprint density at radius 3 is 2.32 bits per heavy atom. The van der Waals surface area contributed by atoms with Gasteiger partial charge in [0.25, 0.3) is 0 Å². The minimum absolute atomic E-state index is 0. The van der Waals surface area contributed by atoms with Crippen LogP contribution in [0.1, 0.15) is 11.1 Å². The van der Waals surface area contributed by atoms with E-state index in [-0.39, 0.29) is 17.0 Å². The van der Waals surface area contributed by atoms with Gasteiger partial charge in [0.2, 0.25) is 0 Å². The van der Waals surface area contributed by atoms with Crippen molar-refractivity contribution in [1.82, 2.24) is 0 Å². The molecule has 0 atom stereocenters. The largest absolute Gasteiger partial charge is 0.493 e. The molecule has 0 spiro atoms. The number of hydrogen-bond donors (Lipinski definition) is 0. The second kappa shape index (κ2) is 8.23. The highest BCUT2D eigenvalue weighted by Gasteiger charge is 2.05. The Hall–Kier alpha value is -1.00. The van der Waals surface area contributed by atoms with E-state index in [9.17, 15) is 0 Å². The fraction of sp³-hybridized carbons (Fsp3) is 0.200. The SMILES string of the molecule is Br.COc1ccc(CBr)cc1OCc1ccccc1. The molecule has 0 saturated carbocycles. The fourth-order valence-electron chi connectivity index (χ4n) is 1.65. The second-order valence-electron chi connectivity index (χ2n) is 3.89. The highest BCUT2D eigenvalue weighted by atomic mass is 79.9. The van der Waals surface area contributed by atoms with Gasteiger partial charge in [-0.25, -0.2) is 0 Å². The predicted octanol–water partition coefficient (Wildman–Crippen LogP) is 4.75. The Kier molecular flexibility index (Phi) is 6.95. The van der Waals surface area contributed by atoms with Crippen molar-refractivity contribution >= 4 is 32.9 Å². The number of hydrogen-bond acceptors (Lipinski definition) is 2. The Morgan fingerprint density at radius 1 is 0.947 bits per heavy atom. The van der Waals surface area contributed by atoms with Gasteiger partial charge in [0, 0.05) is 5.33 Å². The van der Waals surface area contributed by atoms with Gasteiger partial charge in [0.15, 0.2) is 11.5 Å². The average Bonchev–Trinajstić information content (AvgIpc) is 2.45. The van der Waals surface area contributed by atoms with E-state index < -0.39 is 0 Å². The lowest BCUT2D eigenvalue weighted by molar-refractivity contribution is 0.284. The van der Waals surface area contributed by atoms with Crippen LogP contribution in [0.3, 0.4) is 0 Å². The van der Waals surface area contributed by atoms with E-state index in [0.29, 0.717) is 6.61 Å². The minimum Gasteiger partial charge on any atom is -0.493 e. The number of halogens is 2. The maximum atomic E-state index is 5.81. The summed E-state index contributed by atoms with van der Waals surface area (Å²) in [6, 6.07) is 16.0. The van der Waals surface area contributed by atoms with Crippen molar-refractivity contribution in [2.45, 2.75) is 11.9 Å². The molecule has 0 fully saturated rings. The molecule has 0 amide bonds. The van der Waals surface area contributed by atoms with Crippen LogP contribution < -0.4 is 9.47 Å². The third-order valence-electron chi connectivity index (χ3n) is 2.62. The molecule has 4 heteroatoms. The first-order chi connectivity index (χ1) is 8.83. The third-order valence-corrected chi connectivity index (χ3v) is 3.27. The Morgan fingerprint density at radius 2 is 1.68 bits per heavy atom. The summed E-state index contributed by atoms with van der Waals surface area (Å²) in [7, 11) is 1.65. The van der Waals surface area contributed by atoms with E-state index in [1.165, 1.54) is 5.56 Å². The summed E-state index contributed by atoms with van der Waals surface area (Å²) in [5, 5.41) is 0.804. The van der Waals surface area contributed by atoms with E-state index in [1.54, 1.807) is 7.11 Å². The smallest absolute Gasteiger partial charge is 0.161 e. The number of benzene rings is 2. The van der Waals surface area contributed by atoms with Crippen LogP contribution in [0.15, 0.2) is 48.5 Å². The van der Waals surface area contributed by atoms with E-state index in [1.807, 2.05) is 48.5 Å². The molecule has 0 aliphatic rings. The van der Waals surface area contributed by atoms with Gasteiger partial charge in [0.1, 0.15) is 6.61 Å². The van der Waals surface area contributed by atoms with Crippen LogP contribution >= 0.6 is 32.9 Å². The monoisotopic (exact) mass is 386 g/mol. The van der Waals surface area contributed by atoms with Gasteiger partial charge in [-0.05, 0) is 23.3 Å². The molecule has 0 aromatic heterocycles. The van der Waals surface area contributed by atoms with Crippen molar-refractivity contribution in [3.8, 4) is 11.5 Å². The molecule has 0 unspecified atom stereocenters. The van der Waals surface area contributed by atoms with Gasteiger partial charge in [-0.2, -0.15) is 0 Å². The molecule has 102 valence electrons. The lowest BCUT2D eigenvalue weighted by Crippen LogP contribution is -1.98. The number of methoxy groups -OCH3 is 1. The van der Waals surface area contributed by atoms with E-state index in [4.69, 9.17) is 9.47 Å². The molecule has 2 rings (SSSR count). The van der Waals surface area contributed by atoms with Crippen LogP contribution in [-0.4, -0.2) is 7.11 Å². The summed E-state index contributed by atoms with van der Waals surface area (Å²) >= 11 is 3.44. The molecule has 0 aliphatic heterocycles. The van der Waals surface area contributed by atoms with Crippen molar-refractivity contribution in [1.29, 1.82) is 0 Å². The quantitative estimate of drug-likeness (QED) is 0.689. The number of rotatable bonds is 5. The minimum atomic E-state index is 0. The van der Waals surface area contributed by atoms with Gasteiger partial charge in [-0.15, -0.1) is 17.0 Å². The van der Waals surface area contributed by atoms with Crippen LogP contribution in [0.5, 0.6) is 11.5 Å². The van der Waals surface area contributed by atoms with Gasteiger partial charge >= 0.3 is 0 Å². The molecule has 2 aromatic rings. The van der Waals surface area contributed by atoms with Crippen LogP contribution in [0.25, 0.3) is 0 Å². The zero-order valence-corrected chi connectivity index (χ0v) is 13.9. The van der Waals surface area contributed by atoms with Crippen LogP contribution in [-0.2, 0) is 11.9 Å². The molecule has 0 saturated heterocycles. The van der Waals surface area contributed by atoms with Gasteiger partial charge < -0.3 is 9.47 Å².